The van der Waals surface area contributed by atoms with E-state index in [2.05, 4.69) is 35.6 Å². The summed E-state index contributed by atoms with van der Waals surface area (Å²) >= 11 is 3.26. The molecule has 13 heteroatoms. The summed E-state index contributed by atoms with van der Waals surface area (Å²) in [5.74, 6) is 1.04. The van der Waals surface area contributed by atoms with Crippen LogP contribution in [0.4, 0.5) is 0 Å². The molecular weight excluding hydrogens is 758 g/mol. The smallest absolute Gasteiger partial charge is 0.316 e. The third-order valence-electron chi connectivity index (χ3n) is 10.4. The monoisotopic (exact) mass is 813 g/mol. The molecule has 0 unspecified atom stereocenters. The van der Waals surface area contributed by atoms with Gasteiger partial charge in [0.05, 0.1) is 52.3 Å². The number of aliphatic carboxylic acids is 1. The molecule has 0 spiro atoms. The van der Waals surface area contributed by atoms with Gasteiger partial charge in [0.2, 0.25) is 17.6 Å². The Labute approximate surface area is 327 Å². The number of ether oxygens (including phenoxy) is 5. The van der Waals surface area contributed by atoms with E-state index >= 15 is 0 Å². The number of carbonyl (C=O) groups excluding carboxylic acids is 2. The maximum atomic E-state index is 12.2. The Hall–Kier alpha value is -4.26. The number of hydrogen-bond acceptors (Lipinski definition) is 11. The zero-order chi connectivity index (χ0) is 39.4. The van der Waals surface area contributed by atoms with E-state index in [1.165, 1.54) is 39.9 Å². The maximum Gasteiger partial charge on any atom is 0.316 e. The summed E-state index contributed by atoms with van der Waals surface area (Å²) < 4.78 is 25.5. The Bertz CT molecular complexity index is 1550. The van der Waals surface area contributed by atoms with Crippen molar-refractivity contribution in [3.63, 3.8) is 0 Å². The van der Waals surface area contributed by atoms with Crippen molar-refractivity contribution >= 4 is 33.8 Å². The third kappa shape index (κ3) is 12.4. The normalized spacial score (nSPS) is 17.2. The van der Waals surface area contributed by atoms with Crippen molar-refractivity contribution in [2.75, 3.05) is 35.5 Å². The fourth-order valence-electron chi connectivity index (χ4n) is 7.30. The molecule has 0 radical (unpaired) electrons. The molecule has 3 fully saturated rings. The van der Waals surface area contributed by atoms with E-state index in [1.807, 2.05) is 18.2 Å². The van der Waals surface area contributed by atoms with Crippen LogP contribution in [0, 0.1) is 5.92 Å². The number of carboxylic acid groups (broad SMARTS) is 1. The molecule has 3 heterocycles. The van der Waals surface area contributed by atoms with Gasteiger partial charge < -0.3 is 28.8 Å². The van der Waals surface area contributed by atoms with Crippen LogP contribution < -0.4 is 14.2 Å². The highest BCUT2D eigenvalue weighted by molar-refractivity contribution is 9.10. The van der Waals surface area contributed by atoms with E-state index in [0.717, 1.165) is 73.4 Å². The van der Waals surface area contributed by atoms with E-state index in [4.69, 9.17) is 18.9 Å². The van der Waals surface area contributed by atoms with Crippen LogP contribution in [0.2, 0.25) is 0 Å². The number of rotatable bonds is 8. The molecule has 1 N–H and O–H groups in total. The molecule has 0 saturated heterocycles. The summed E-state index contributed by atoms with van der Waals surface area (Å²) in [7, 11) is 7.65. The Kier molecular flexibility index (Phi) is 18.7. The van der Waals surface area contributed by atoms with E-state index in [-0.39, 0.29) is 17.9 Å². The number of pyridine rings is 3. The lowest BCUT2D eigenvalue weighted by atomic mass is 9.70. The highest BCUT2D eigenvalue weighted by atomic mass is 79.9. The summed E-state index contributed by atoms with van der Waals surface area (Å²) in [6.07, 6.45) is 20.3. The van der Waals surface area contributed by atoms with E-state index in [1.54, 1.807) is 58.1 Å². The number of methoxy groups -OCH3 is 5. The molecule has 3 aromatic rings. The molecule has 3 aliphatic rings. The minimum Gasteiger partial charge on any atom is -0.481 e. The van der Waals surface area contributed by atoms with Gasteiger partial charge in [-0.25, -0.2) is 15.0 Å². The first kappa shape index (κ1) is 44.1. The topological polar surface area (TPSA) is 156 Å². The number of carboxylic acids is 1. The number of aromatic nitrogens is 3. The average Bonchev–Trinajstić information content (AvgIpc) is 3.24. The van der Waals surface area contributed by atoms with Crippen LogP contribution >= 0.6 is 15.9 Å². The summed E-state index contributed by atoms with van der Waals surface area (Å²) in [4.78, 5) is 46.9. The first-order valence-electron chi connectivity index (χ1n) is 18.6. The quantitative estimate of drug-likeness (QED) is 0.217. The number of esters is 2. The predicted octanol–water partition coefficient (Wildman–Crippen LogP) is 8.43. The van der Waals surface area contributed by atoms with Crippen LogP contribution in [-0.4, -0.2) is 73.5 Å². The number of nitrogens with zero attached hydrogens (tertiary/aromatic N) is 3. The van der Waals surface area contributed by atoms with Gasteiger partial charge in [-0.1, -0.05) is 69.9 Å². The lowest BCUT2D eigenvalue weighted by Crippen LogP contribution is -2.39. The molecule has 12 nitrogen and oxygen atoms in total. The average molecular weight is 815 g/mol. The predicted molar refractivity (Wildman–Crippen MR) is 208 cm³/mol. The van der Waals surface area contributed by atoms with Crippen molar-refractivity contribution in [3.05, 3.63) is 70.6 Å². The van der Waals surface area contributed by atoms with Gasteiger partial charge in [0.25, 0.3) is 0 Å². The van der Waals surface area contributed by atoms with Gasteiger partial charge in [0.1, 0.15) is 0 Å². The molecule has 54 heavy (non-hydrogen) atoms. The Morgan fingerprint density at radius 2 is 1.02 bits per heavy atom. The van der Waals surface area contributed by atoms with Crippen molar-refractivity contribution in [2.24, 2.45) is 5.92 Å². The Morgan fingerprint density at radius 3 is 1.39 bits per heavy atom. The van der Waals surface area contributed by atoms with Gasteiger partial charge in [0, 0.05) is 41.3 Å². The van der Waals surface area contributed by atoms with Crippen LogP contribution in [-0.2, 0) is 34.7 Å². The zero-order valence-electron chi connectivity index (χ0n) is 32.3. The van der Waals surface area contributed by atoms with Gasteiger partial charge in [-0.3, -0.25) is 14.4 Å². The second-order valence-corrected chi connectivity index (χ2v) is 14.6. The second kappa shape index (κ2) is 22.8. The Balaban J connectivity index is 0.000000202. The van der Waals surface area contributed by atoms with Crippen LogP contribution in [0.25, 0.3) is 0 Å². The van der Waals surface area contributed by atoms with Crippen LogP contribution in [0.1, 0.15) is 107 Å². The van der Waals surface area contributed by atoms with Gasteiger partial charge in [0.15, 0.2) is 0 Å². The minimum atomic E-state index is -0.739. The van der Waals surface area contributed by atoms with Gasteiger partial charge in [-0.15, -0.1) is 0 Å². The second-order valence-electron chi connectivity index (χ2n) is 13.6. The molecule has 6 rings (SSSR count). The van der Waals surface area contributed by atoms with Gasteiger partial charge in [-0.2, -0.15) is 0 Å². The molecule has 0 aromatic carbocycles. The van der Waals surface area contributed by atoms with E-state index in [9.17, 15) is 19.5 Å². The minimum absolute atomic E-state index is 0.0142. The number of carbonyl (C=O) groups is 3. The first-order chi connectivity index (χ1) is 26.1. The highest BCUT2D eigenvalue weighted by Crippen LogP contribution is 2.41. The third-order valence-corrected chi connectivity index (χ3v) is 10.9. The van der Waals surface area contributed by atoms with Gasteiger partial charge in [-0.05, 0) is 71.6 Å². The lowest BCUT2D eigenvalue weighted by Gasteiger charge is -2.34. The molecule has 3 aliphatic carbocycles. The zero-order valence-corrected chi connectivity index (χ0v) is 33.9. The summed E-state index contributed by atoms with van der Waals surface area (Å²) in [6.45, 7) is 0. The van der Waals surface area contributed by atoms with Crippen LogP contribution in [0.3, 0.4) is 0 Å². The van der Waals surface area contributed by atoms with E-state index in [0.29, 0.717) is 30.5 Å². The number of halogens is 1. The van der Waals surface area contributed by atoms with Gasteiger partial charge >= 0.3 is 17.9 Å². The Morgan fingerprint density at radius 1 is 0.593 bits per heavy atom. The molecule has 0 aliphatic heterocycles. The fraction of sp³-hybridized carbons (Fsp3) is 0.561. The maximum absolute atomic E-state index is 12.2. The largest absolute Gasteiger partial charge is 0.481 e. The number of hydrogen-bond donors (Lipinski definition) is 1. The molecule has 0 bridgehead atoms. The van der Waals surface area contributed by atoms with Crippen molar-refractivity contribution in [2.45, 2.75) is 107 Å². The fourth-order valence-corrected chi connectivity index (χ4v) is 7.53. The molecule has 3 aromatic heterocycles. The summed E-state index contributed by atoms with van der Waals surface area (Å²) in [6, 6.07) is 11.0. The van der Waals surface area contributed by atoms with Crippen molar-refractivity contribution in [1.82, 2.24) is 15.0 Å². The van der Waals surface area contributed by atoms with Crippen molar-refractivity contribution in [1.29, 1.82) is 0 Å². The molecule has 0 amide bonds. The molecular formula is C41H56BrN3O9. The van der Waals surface area contributed by atoms with E-state index < -0.39 is 16.8 Å². The summed E-state index contributed by atoms with van der Waals surface area (Å²) in [5.41, 5.74) is 0.490. The molecule has 3 saturated carbocycles. The lowest BCUT2D eigenvalue weighted by molar-refractivity contribution is -0.149. The standard InChI is InChI=1S/C14H19NO3.C13H17NO3.C8H14O2.C6H6BrNO/c1-17-12-7-6-11(10-15-12)14(13(16)18-2)8-4-3-5-9-14;1-17-11-6-5-10(9-14-11)13(12(15)16)7-3-2-4-8-13;1-10-8(9)7-5-3-2-4-6-7;1-9-6-3-2-5(7)4-8-6/h6-7,10H,3-5,8-9H2,1-2H3;5-6,9H,2-4,7-8H2,1H3,(H,15,16);7H,2-6H2,1H3;2-4H,1H3. The highest BCUT2D eigenvalue weighted by Gasteiger charge is 2.43. The molecule has 0 atom stereocenters. The first-order valence-corrected chi connectivity index (χ1v) is 19.4. The molecule has 296 valence electrons. The SMILES string of the molecule is COC(=O)C1(c2ccc(OC)nc2)CCCCC1.COC(=O)C1CCCCC1.COc1ccc(Br)cn1.COc1ccc(C2(C(=O)O)CCCCC2)cn1. The summed E-state index contributed by atoms with van der Waals surface area (Å²) in [5, 5.41) is 9.51. The van der Waals surface area contributed by atoms with Crippen LogP contribution in [0.5, 0.6) is 17.6 Å². The van der Waals surface area contributed by atoms with Crippen molar-refractivity contribution < 1.29 is 43.2 Å². The van der Waals surface area contributed by atoms with Crippen molar-refractivity contribution in [3.8, 4) is 17.6 Å². The van der Waals surface area contributed by atoms with Crippen LogP contribution in [0.15, 0.2) is 59.5 Å².